The molecule has 10 atom stereocenters. The summed E-state index contributed by atoms with van der Waals surface area (Å²) in [4.78, 5) is 32.8. The van der Waals surface area contributed by atoms with Crippen LogP contribution in [0.3, 0.4) is 0 Å². The van der Waals surface area contributed by atoms with Crippen LogP contribution in [0.15, 0.2) is 11.6 Å². The molecule has 0 heterocycles. The van der Waals surface area contributed by atoms with Gasteiger partial charge in [0.15, 0.2) is 5.78 Å². The van der Waals surface area contributed by atoms with Crippen molar-refractivity contribution >= 4 is 13.6 Å². The van der Waals surface area contributed by atoms with Crippen molar-refractivity contribution in [3.8, 4) is 0 Å². The molecular weight excluding hydrogens is 483 g/mol. The number of allylic oxidation sites excluding steroid dienone is 2. The largest absolute Gasteiger partial charge is 0.469 e. The minimum atomic E-state index is -4.59. The average Bonchev–Trinajstić information content (AvgIpc) is 3.03. The molecule has 4 aliphatic carbocycles. The van der Waals surface area contributed by atoms with Crippen LogP contribution in [0.1, 0.15) is 114 Å². The van der Waals surface area contributed by atoms with Gasteiger partial charge in [0.1, 0.15) is 0 Å². The van der Waals surface area contributed by atoms with Crippen LogP contribution in [-0.2, 0) is 13.9 Å². The zero-order chi connectivity index (χ0) is 27.8. The van der Waals surface area contributed by atoms with Crippen LogP contribution in [-0.4, -0.2) is 21.7 Å². The lowest BCUT2D eigenvalue weighted by molar-refractivity contribution is -0.137. The Kier molecular flexibility index (Phi) is 7.63. The summed E-state index contributed by atoms with van der Waals surface area (Å²) in [5, 5.41) is 0. The van der Waals surface area contributed by atoms with Gasteiger partial charge < -0.3 is 9.79 Å². The summed E-state index contributed by atoms with van der Waals surface area (Å²) < 4.78 is 17.1. The minimum absolute atomic E-state index is 0.00903. The van der Waals surface area contributed by atoms with Crippen molar-refractivity contribution in [2.75, 3.05) is 0 Å². The molecule has 37 heavy (non-hydrogen) atoms. The van der Waals surface area contributed by atoms with Gasteiger partial charge in [0.25, 0.3) is 0 Å². The van der Waals surface area contributed by atoms with E-state index in [4.69, 9.17) is 4.52 Å². The fourth-order valence-corrected chi connectivity index (χ4v) is 10.1. The van der Waals surface area contributed by atoms with Crippen molar-refractivity contribution in [2.24, 2.45) is 57.2 Å². The lowest BCUT2D eigenvalue weighted by atomic mass is 9.43. The second-order valence-corrected chi connectivity index (χ2v) is 16.7. The van der Waals surface area contributed by atoms with E-state index in [1.54, 1.807) is 0 Å². The third-order valence-corrected chi connectivity index (χ3v) is 12.8. The van der Waals surface area contributed by atoms with Crippen LogP contribution in [0.4, 0.5) is 0 Å². The van der Waals surface area contributed by atoms with Crippen molar-refractivity contribution in [3.05, 3.63) is 11.6 Å². The SMILES string of the molecule is C[C@H]([C@H](C)CCC(C)(C)C)[C@H]1CC[C@@]2(C)C3=CC(=O)[C@@H]4C[C@@H](C)[C@@H](OP(=O)(O)O)C[C@]4(C)C3CC[C@]12C. The van der Waals surface area contributed by atoms with E-state index in [9.17, 15) is 19.1 Å². The van der Waals surface area contributed by atoms with Crippen molar-refractivity contribution in [3.63, 3.8) is 0 Å². The summed E-state index contributed by atoms with van der Waals surface area (Å²) in [5.74, 6) is 2.33. The first-order valence-electron chi connectivity index (χ1n) is 14.8. The van der Waals surface area contributed by atoms with E-state index in [0.717, 1.165) is 19.3 Å². The predicted octanol–water partition coefficient (Wildman–Crippen LogP) is 7.96. The smallest absolute Gasteiger partial charge is 0.303 e. The highest BCUT2D eigenvalue weighted by molar-refractivity contribution is 7.46. The maximum Gasteiger partial charge on any atom is 0.469 e. The van der Waals surface area contributed by atoms with Gasteiger partial charge in [0.2, 0.25) is 0 Å². The number of phosphoric acid groups is 1. The van der Waals surface area contributed by atoms with Crippen LogP contribution in [0, 0.1) is 57.2 Å². The summed E-state index contributed by atoms with van der Waals surface area (Å²) in [7, 11) is -4.59. The van der Waals surface area contributed by atoms with Crippen molar-refractivity contribution < 1.29 is 23.7 Å². The first-order chi connectivity index (χ1) is 16.8. The number of hydrogen-bond acceptors (Lipinski definition) is 3. The molecule has 0 bridgehead atoms. The highest BCUT2D eigenvalue weighted by Crippen LogP contribution is 2.72. The number of hydrogen-bond donors (Lipinski definition) is 2. The number of carbonyl (C=O) groups excluding carboxylic acids is 1. The highest BCUT2D eigenvalue weighted by atomic mass is 31.2. The topological polar surface area (TPSA) is 83.8 Å². The van der Waals surface area contributed by atoms with Crippen molar-refractivity contribution in [1.29, 1.82) is 0 Å². The maximum atomic E-state index is 13.7. The van der Waals surface area contributed by atoms with Crippen LogP contribution in [0.2, 0.25) is 0 Å². The number of phosphoric ester groups is 1. The molecule has 0 aliphatic heterocycles. The van der Waals surface area contributed by atoms with Crippen LogP contribution < -0.4 is 0 Å². The van der Waals surface area contributed by atoms with E-state index < -0.39 is 13.9 Å². The molecule has 0 aromatic rings. The van der Waals surface area contributed by atoms with Gasteiger partial charge in [-0.2, -0.15) is 0 Å². The predicted molar refractivity (Wildman–Crippen MR) is 149 cm³/mol. The number of fused-ring (bicyclic) bond motifs is 5. The molecule has 1 unspecified atom stereocenters. The summed E-state index contributed by atoms with van der Waals surface area (Å²) in [6, 6.07) is 0. The Balaban J connectivity index is 1.62. The minimum Gasteiger partial charge on any atom is -0.303 e. The van der Waals surface area contributed by atoms with Gasteiger partial charge in [-0.15, -0.1) is 0 Å². The van der Waals surface area contributed by atoms with E-state index in [2.05, 4.69) is 55.4 Å². The third kappa shape index (κ3) is 5.09. The van der Waals surface area contributed by atoms with Crippen LogP contribution in [0.25, 0.3) is 0 Å². The Morgan fingerprint density at radius 1 is 1.11 bits per heavy atom. The van der Waals surface area contributed by atoms with Crippen molar-refractivity contribution in [1.82, 2.24) is 0 Å². The van der Waals surface area contributed by atoms with Gasteiger partial charge in [-0.1, -0.05) is 67.9 Å². The van der Waals surface area contributed by atoms with Crippen LogP contribution in [0.5, 0.6) is 0 Å². The Labute approximate surface area is 225 Å². The summed E-state index contributed by atoms with van der Waals surface area (Å²) >= 11 is 0. The van der Waals surface area contributed by atoms with Gasteiger partial charge in [-0.25, -0.2) is 4.57 Å². The lowest BCUT2D eigenvalue weighted by Crippen LogP contribution is -2.57. The molecule has 0 saturated heterocycles. The summed E-state index contributed by atoms with van der Waals surface area (Å²) in [5.41, 5.74) is 1.54. The van der Waals surface area contributed by atoms with Gasteiger partial charge in [0.05, 0.1) is 6.10 Å². The Morgan fingerprint density at radius 2 is 1.76 bits per heavy atom. The second-order valence-electron chi connectivity index (χ2n) is 15.5. The molecule has 3 fully saturated rings. The van der Waals surface area contributed by atoms with E-state index in [1.165, 1.54) is 24.8 Å². The number of rotatable bonds is 6. The van der Waals surface area contributed by atoms with Gasteiger partial charge in [-0.3, -0.25) is 9.32 Å². The van der Waals surface area contributed by atoms with E-state index in [1.807, 2.05) is 13.0 Å². The summed E-state index contributed by atoms with van der Waals surface area (Å²) in [6.45, 7) is 21.1. The second kappa shape index (κ2) is 9.57. The van der Waals surface area contributed by atoms with Crippen LogP contribution >= 0.6 is 7.82 Å². The average molecular weight is 537 g/mol. The molecular formula is C31H53O5P. The quantitative estimate of drug-likeness (QED) is 0.337. The van der Waals surface area contributed by atoms with E-state index >= 15 is 0 Å². The molecule has 4 rings (SSSR count). The molecule has 0 amide bonds. The zero-order valence-corrected chi connectivity index (χ0v) is 25.7. The Bertz CT molecular complexity index is 977. The third-order valence-electron chi connectivity index (χ3n) is 12.3. The van der Waals surface area contributed by atoms with E-state index in [0.29, 0.717) is 36.0 Å². The standard InChI is InChI=1S/C31H53O5P/c1-19(10-13-28(4,5)6)21(3)22-11-14-31(9)24-17-26(32)25-16-20(2)27(36-37(33,34)35)18-29(25,7)23(24)12-15-30(22,31)8/h17,19-23,25,27H,10-16,18H2,1-9H3,(H2,33,34,35)/t19-,20-,21-,22-,23?,25+,27+,29-,30-,31+/m1/s1. The summed E-state index contributed by atoms with van der Waals surface area (Å²) in [6.07, 6.45) is 9.75. The Hall–Kier alpha value is -0.480. The van der Waals surface area contributed by atoms with Gasteiger partial charge in [-0.05, 0) is 109 Å². The zero-order valence-electron chi connectivity index (χ0n) is 24.8. The fourth-order valence-electron chi connectivity index (χ4n) is 9.45. The molecule has 212 valence electrons. The van der Waals surface area contributed by atoms with Gasteiger partial charge in [0, 0.05) is 5.92 Å². The van der Waals surface area contributed by atoms with Gasteiger partial charge >= 0.3 is 7.82 Å². The molecule has 5 nitrogen and oxygen atoms in total. The lowest BCUT2D eigenvalue weighted by Gasteiger charge is -2.61. The van der Waals surface area contributed by atoms with E-state index in [-0.39, 0.29) is 39.8 Å². The fraction of sp³-hybridized carbons (Fsp3) is 0.903. The number of ketones is 1. The molecule has 0 aromatic carbocycles. The van der Waals surface area contributed by atoms with Crippen molar-refractivity contribution in [2.45, 2.75) is 120 Å². The first-order valence-corrected chi connectivity index (χ1v) is 16.4. The molecule has 4 aliphatic rings. The molecule has 0 aromatic heterocycles. The first kappa shape index (κ1) is 29.5. The molecule has 6 heteroatoms. The molecule has 0 spiro atoms. The number of carbonyl (C=O) groups is 1. The monoisotopic (exact) mass is 536 g/mol. The maximum absolute atomic E-state index is 13.7. The Morgan fingerprint density at radius 3 is 2.35 bits per heavy atom. The highest BCUT2D eigenvalue weighted by Gasteiger charge is 2.65. The molecule has 0 radical (unpaired) electrons. The molecule has 3 saturated carbocycles. The molecule has 2 N–H and O–H groups in total. The normalized spacial score (nSPS) is 43.9.